The maximum atomic E-state index is 12.6. The Morgan fingerprint density at radius 1 is 1.34 bits per heavy atom. The molecule has 0 bridgehead atoms. The molecule has 3 amide bonds. The number of carboxylic acid groups (broad SMARTS) is 1. The zero-order valence-electron chi connectivity index (χ0n) is 14.8. The molecule has 3 aliphatic rings. The minimum absolute atomic E-state index is 0. The predicted molar refractivity (Wildman–Crippen MR) is 99.5 cm³/mol. The summed E-state index contributed by atoms with van der Waals surface area (Å²) in [5.74, 6) is -2.11. The predicted octanol–water partition coefficient (Wildman–Crippen LogP) is -2.60. The van der Waals surface area contributed by atoms with Gasteiger partial charge in [-0.25, -0.2) is 9.48 Å². The number of carboxylic acids is 1. The molecule has 0 aromatic carbocycles. The normalized spacial score (nSPS) is 24.7. The molecule has 29 heavy (non-hydrogen) atoms. The Hall–Kier alpha value is -1.96. The standard InChI is InChI=1S/C15H17N7O5S.Na.H/c1-6(23)20-3-7-2-8(5-28-15-17-18-19-21(15)4-9(16)24)11(14(26)27)22-10(7)12(20)13(22)25;;/h7,10,12H,2-5H2,1H3,(H2,16,24)(H,26,27);;/t7-,10-,12+;;/m1../s1. The molecule has 2 saturated heterocycles. The first-order valence-corrected chi connectivity index (χ1v) is 9.51. The van der Waals surface area contributed by atoms with Crippen molar-refractivity contribution in [1.82, 2.24) is 30.0 Å². The Balaban J connectivity index is 0.00000240. The fourth-order valence-electron chi connectivity index (χ4n) is 4.19. The first-order valence-electron chi connectivity index (χ1n) is 8.52. The number of likely N-dealkylation sites (tertiary alicyclic amines) is 1. The Bertz CT molecular complexity index is 934. The molecule has 1 aromatic rings. The molecule has 0 aliphatic carbocycles. The number of hydrogen-bond acceptors (Lipinski definition) is 8. The van der Waals surface area contributed by atoms with Crippen molar-refractivity contribution in [2.45, 2.75) is 37.1 Å². The first kappa shape index (κ1) is 21.7. The van der Waals surface area contributed by atoms with Gasteiger partial charge in [-0.2, -0.15) is 0 Å². The van der Waals surface area contributed by atoms with Gasteiger partial charge in [0.05, 0.1) is 6.04 Å². The van der Waals surface area contributed by atoms with Crippen LogP contribution in [0.4, 0.5) is 0 Å². The van der Waals surface area contributed by atoms with E-state index >= 15 is 0 Å². The summed E-state index contributed by atoms with van der Waals surface area (Å²) < 4.78 is 1.23. The number of hydrogen-bond donors (Lipinski definition) is 2. The van der Waals surface area contributed by atoms with Crippen molar-refractivity contribution in [2.75, 3.05) is 12.3 Å². The van der Waals surface area contributed by atoms with E-state index in [1.165, 1.54) is 21.4 Å². The van der Waals surface area contributed by atoms with E-state index in [4.69, 9.17) is 5.73 Å². The van der Waals surface area contributed by atoms with Gasteiger partial charge in [-0.3, -0.25) is 19.3 Å². The molecule has 150 valence electrons. The average molecular weight is 431 g/mol. The van der Waals surface area contributed by atoms with Gasteiger partial charge in [0.1, 0.15) is 18.3 Å². The molecule has 3 N–H and O–H groups in total. The molecule has 0 spiro atoms. The molecule has 12 nitrogen and oxygen atoms in total. The second-order valence-electron chi connectivity index (χ2n) is 6.91. The van der Waals surface area contributed by atoms with Crippen molar-refractivity contribution in [2.24, 2.45) is 11.7 Å². The van der Waals surface area contributed by atoms with Crippen LogP contribution in [0.1, 0.15) is 13.3 Å². The van der Waals surface area contributed by atoms with Crippen molar-refractivity contribution in [3.63, 3.8) is 0 Å². The second-order valence-corrected chi connectivity index (χ2v) is 7.85. The topological polar surface area (TPSA) is 165 Å². The van der Waals surface area contributed by atoms with Gasteiger partial charge in [-0.15, -0.1) is 5.10 Å². The van der Waals surface area contributed by atoms with E-state index in [0.29, 0.717) is 23.7 Å². The van der Waals surface area contributed by atoms with Gasteiger partial charge < -0.3 is 15.7 Å². The van der Waals surface area contributed by atoms with Gasteiger partial charge >= 0.3 is 35.5 Å². The fraction of sp³-hybridized carbons (Fsp3) is 0.533. The summed E-state index contributed by atoms with van der Waals surface area (Å²) in [5.41, 5.74) is 5.70. The van der Waals surface area contributed by atoms with Crippen molar-refractivity contribution in [3.05, 3.63) is 11.3 Å². The molecule has 1 aromatic heterocycles. The van der Waals surface area contributed by atoms with Crippen molar-refractivity contribution >= 4 is 65.0 Å². The van der Waals surface area contributed by atoms with Gasteiger partial charge in [0.2, 0.25) is 17.0 Å². The molecule has 0 radical (unpaired) electrons. The second kappa shape index (κ2) is 8.05. The number of thioether (sulfide) groups is 1. The van der Waals surface area contributed by atoms with Crippen LogP contribution in [-0.4, -0.2) is 113 Å². The van der Waals surface area contributed by atoms with E-state index in [0.717, 1.165) is 11.8 Å². The van der Waals surface area contributed by atoms with E-state index in [2.05, 4.69) is 15.5 Å². The van der Waals surface area contributed by atoms with Crippen LogP contribution in [0.2, 0.25) is 0 Å². The van der Waals surface area contributed by atoms with Gasteiger partial charge in [-0.1, -0.05) is 11.8 Å². The van der Waals surface area contributed by atoms with Crippen LogP contribution in [0.25, 0.3) is 0 Å². The van der Waals surface area contributed by atoms with Gasteiger partial charge in [0, 0.05) is 25.1 Å². The number of nitrogens with zero attached hydrogens (tertiary/aromatic N) is 6. The molecule has 0 unspecified atom stereocenters. The fourth-order valence-corrected chi connectivity index (χ4v) is 5.09. The zero-order valence-corrected chi connectivity index (χ0v) is 15.6. The molecule has 0 saturated carbocycles. The molecular formula is C15H18N7NaO5S. The van der Waals surface area contributed by atoms with Crippen LogP contribution in [0.15, 0.2) is 16.4 Å². The number of nitrogens with two attached hydrogens (primary N) is 1. The number of aliphatic carboxylic acids is 1. The third-order valence-electron chi connectivity index (χ3n) is 5.23. The number of carbonyl (C=O) groups excluding carboxylic acids is 3. The maximum absolute atomic E-state index is 12.6. The summed E-state index contributed by atoms with van der Waals surface area (Å²) in [4.78, 5) is 50.2. The van der Waals surface area contributed by atoms with Crippen LogP contribution >= 0.6 is 11.8 Å². The van der Waals surface area contributed by atoms with E-state index in [1.54, 1.807) is 0 Å². The van der Waals surface area contributed by atoms with Crippen LogP contribution in [0.3, 0.4) is 0 Å². The van der Waals surface area contributed by atoms with Crippen LogP contribution in [0.5, 0.6) is 0 Å². The molecule has 4 rings (SSSR count). The van der Waals surface area contributed by atoms with Crippen molar-refractivity contribution in [1.29, 1.82) is 0 Å². The Morgan fingerprint density at radius 3 is 2.69 bits per heavy atom. The first-order chi connectivity index (χ1) is 13.3. The van der Waals surface area contributed by atoms with Crippen LogP contribution in [0, 0.1) is 5.92 Å². The van der Waals surface area contributed by atoms with Crippen LogP contribution in [-0.2, 0) is 25.7 Å². The average Bonchev–Trinajstić information content (AvgIpc) is 3.20. The van der Waals surface area contributed by atoms with Gasteiger partial charge in [-0.05, 0) is 22.4 Å². The zero-order chi connectivity index (χ0) is 20.2. The Labute approximate surface area is 191 Å². The van der Waals surface area contributed by atoms with E-state index in [-0.39, 0.29) is 71.3 Å². The SMILES string of the molecule is CC(=O)N1C[C@H]2CC(CSc3nnnn3CC(N)=O)=C(C(=O)O)N3C(=O)[C@@H]1[C@@H]23.[NaH]. The summed E-state index contributed by atoms with van der Waals surface area (Å²) in [5, 5.41) is 21.0. The molecule has 3 atom stereocenters. The number of carbonyl (C=O) groups is 4. The molecule has 3 aliphatic heterocycles. The number of rotatable bonds is 6. The summed E-state index contributed by atoms with van der Waals surface area (Å²) in [6.07, 6.45) is 0.459. The van der Waals surface area contributed by atoms with E-state index < -0.39 is 17.9 Å². The number of aromatic nitrogens is 4. The molecule has 14 heteroatoms. The monoisotopic (exact) mass is 431 g/mol. The Morgan fingerprint density at radius 2 is 2.07 bits per heavy atom. The van der Waals surface area contributed by atoms with Crippen LogP contribution < -0.4 is 5.73 Å². The van der Waals surface area contributed by atoms with Crippen molar-refractivity contribution < 1.29 is 24.3 Å². The molecule has 2 fully saturated rings. The number of β-lactam (4-membered cyclic amide) rings is 1. The van der Waals surface area contributed by atoms with Crippen molar-refractivity contribution in [3.8, 4) is 0 Å². The van der Waals surface area contributed by atoms with E-state index in [9.17, 15) is 24.3 Å². The number of amides is 3. The summed E-state index contributed by atoms with van der Waals surface area (Å²) in [7, 11) is 0. The third kappa shape index (κ3) is 3.56. The summed E-state index contributed by atoms with van der Waals surface area (Å²) in [6.45, 7) is 1.65. The molecule has 4 heterocycles. The summed E-state index contributed by atoms with van der Waals surface area (Å²) in [6, 6.07) is -0.842. The Kier molecular flexibility index (Phi) is 6.03. The number of primary amides is 1. The van der Waals surface area contributed by atoms with E-state index in [1.807, 2.05) is 0 Å². The number of tetrazole rings is 1. The minimum atomic E-state index is -1.18. The van der Waals surface area contributed by atoms with Gasteiger partial charge in [0.25, 0.3) is 5.91 Å². The quantitative estimate of drug-likeness (QED) is 0.279. The summed E-state index contributed by atoms with van der Waals surface area (Å²) >= 11 is 1.16. The van der Waals surface area contributed by atoms with Gasteiger partial charge in [0.15, 0.2) is 0 Å². The molecular weight excluding hydrogens is 413 g/mol. The third-order valence-corrected chi connectivity index (χ3v) is 6.28.